The maximum atomic E-state index is 14.2. The number of allylic oxidation sites excluding steroid dienone is 1. The van der Waals surface area contributed by atoms with Crippen molar-refractivity contribution in [3.8, 4) is 5.75 Å². The number of fused-ring (bicyclic) bond motifs is 9. The molecule has 2 aliphatic carbocycles. The molecule has 3 saturated heterocycles. The van der Waals surface area contributed by atoms with Crippen molar-refractivity contribution >= 4 is 33.7 Å². The first kappa shape index (κ1) is 33.7. The summed E-state index contributed by atoms with van der Waals surface area (Å²) in [5.41, 5.74) is 8.48. The molecule has 6 heterocycles. The van der Waals surface area contributed by atoms with E-state index in [1.54, 1.807) is 14.2 Å². The second-order valence-corrected chi connectivity index (χ2v) is 16.3. The highest BCUT2D eigenvalue weighted by Crippen LogP contribution is 2.56. The van der Waals surface area contributed by atoms with Crippen LogP contribution in [0, 0.1) is 23.7 Å². The van der Waals surface area contributed by atoms with Gasteiger partial charge in [0.15, 0.2) is 0 Å². The first-order valence-electron chi connectivity index (χ1n) is 19.3. The van der Waals surface area contributed by atoms with Crippen LogP contribution in [-0.4, -0.2) is 91.8 Å². The van der Waals surface area contributed by atoms with Gasteiger partial charge >= 0.3 is 11.9 Å². The minimum Gasteiger partial charge on any atom is -0.496 e. The van der Waals surface area contributed by atoms with Crippen molar-refractivity contribution in [3.05, 3.63) is 76.1 Å². The van der Waals surface area contributed by atoms with Crippen molar-refractivity contribution in [2.75, 3.05) is 48.0 Å². The fourth-order valence-electron chi connectivity index (χ4n) is 12.1. The molecule has 6 aliphatic rings. The van der Waals surface area contributed by atoms with Crippen LogP contribution in [0.1, 0.15) is 73.5 Å². The number of esters is 2. The van der Waals surface area contributed by atoms with Gasteiger partial charge in [0.05, 0.1) is 27.2 Å². The number of hydrogen-bond donors (Lipinski definition) is 2. The summed E-state index contributed by atoms with van der Waals surface area (Å²) in [5, 5.41) is 2.32. The maximum Gasteiger partial charge on any atom is 0.319 e. The van der Waals surface area contributed by atoms with Gasteiger partial charge in [-0.2, -0.15) is 0 Å². The first-order chi connectivity index (χ1) is 25.3. The Hall–Kier alpha value is -4.08. The van der Waals surface area contributed by atoms with Gasteiger partial charge in [-0.3, -0.25) is 19.4 Å². The summed E-state index contributed by atoms with van der Waals surface area (Å²) >= 11 is 0. The van der Waals surface area contributed by atoms with Crippen LogP contribution in [-0.2, 0) is 37.3 Å². The molecule has 0 radical (unpaired) electrons. The van der Waals surface area contributed by atoms with Gasteiger partial charge in [0.1, 0.15) is 11.2 Å². The molecule has 9 nitrogen and oxygen atoms in total. The van der Waals surface area contributed by atoms with Gasteiger partial charge in [-0.05, 0) is 93.2 Å². The van der Waals surface area contributed by atoms with Crippen molar-refractivity contribution < 1.29 is 23.8 Å². The van der Waals surface area contributed by atoms with Crippen LogP contribution in [0.5, 0.6) is 5.75 Å². The lowest BCUT2D eigenvalue weighted by molar-refractivity contribution is -0.162. The Morgan fingerprint density at radius 2 is 1.85 bits per heavy atom. The summed E-state index contributed by atoms with van der Waals surface area (Å²) in [6.45, 7) is 7.17. The Balaban J connectivity index is 1.27. The van der Waals surface area contributed by atoms with Crippen LogP contribution in [0.2, 0.25) is 0 Å². The monoisotopic (exact) mass is 704 g/mol. The van der Waals surface area contributed by atoms with Crippen LogP contribution < -0.4 is 4.74 Å². The van der Waals surface area contributed by atoms with E-state index in [0.29, 0.717) is 11.8 Å². The average molecular weight is 705 g/mol. The molecule has 4 fully saturated rings. The molecule has 0 amide bonds. The highest BCUT2D eigenvalue weighted by Gasteiger charge is 2.62. The fraction of sp³-hybridized carbons (Fsp3) is 0.535. The SMILES string of the molecule is C/C=C1/CN(C)[C@H]2Cc3c([nH]c4ccccc34)[C@H](c3cc4[nH]c5c(c4cc3OC)CCN3C[C@H]4C[C@@H](CC)[C@H]3[C@@]5(C(=O)OC)C4)C[C@H]1[C@H]2C(=O)OC. The molecule has 2 aromatic heterocycles. The Morgan fingerprint density at radius 3 is 2.60 bits per heavy atom. The third kappa shape index (κ3) is 4.67. The highest BCUT2D eigenvalue weighted by atomic mass is 16.5. The number of para-hydroxylation sites is 1. The molecular formula is C43H52N4O5. The van der Waals surface area contributed by atoms with Crippen molar-refractivity contribution in [3.63, 3.8) is 0 Å². The molecule has 1 saturated carbocycles. The van der Waals surface area contributed by atoms with Crippen molar-refractivity contribution in [1.82, 2.24) is 19.8 Å². The standard InChI is InChI=1S/C43H52N4O5/c1-7-24-15-23-20-43(42(49)52-6)39-27(13-14-47(21-23)40(24)43)29-19-36(50-4)30(17-34(29)45-39)31-16-28-25(8-2)22-46(3)35(37(28)41(48)51-5)18-32-26-11-9-10-12-33(26)44-38(31)32/h8-12,17,19,23-24,28,31,35,37,40,44-45H,7,13-16,18,20-22H2,1-6H3/b25-8-/t23-,24+,28+,31-,35-,37+,40-,43+/m0/s1. The summed E-state index contributed by atoms with van der Waals surface area (Å²) in [6.07, 6.45) is 7.59. The smallest absolute Gasteiger partial charge is 0.319 e. The van der Waals surface area contributed by atoms with E-state index in [-0.39, 0.29) is 41.8 Å². The number of carbonyl (C=O) groups is 2. The zero-order valence-electron chi connectivity index (χ0n) is 31.4. The van der Waals surface area contributed by atoms with Crippen molar-refractivity contribution in [2.45, 2.75) is 75.8 Å². The van der Waals surface area contributed by atoms with E-state index in [9.17, 15) is 9.59 Å². The topological polar surface area (TPSA) is 99.9 Å². The predicted molar refractivity (Wildman–Crippen MR) is 202 cm³/mol. The number of likely N-dealkylation sites (tertiary alicyclic amines) is 1. The van der Waals surface area contributed by atoms with Crippen molar-refractivity contribution in [1.29, 1.82) is 0 Å². The molecule has 4 aliphatic heterocycles. The second kappa shape index (κ2) is 12.5. The molecule has 52 heavy (non-hydrogen) atoms. The van der Waals surface area contributed by atoms with E-state index in [4.69, 9.17) is 14.2 Å². The van der Waals surface area contributed by atoms with Gasteiger partial charge in [0, 0.05) is 76.4 Å². The van der Waals surface area contributed by atoms with Crippen LogP contribution in [0.4, 0.5) is 0 Å². The highest BCUT2D eigenvalue weighted by molar-refractivity contribution is 5.93. The first-order valence-corrected chi connectivity index (χ1v) is 19.3. The van der Waals surface area contributed by atoms with Gasteiger partial charge in [-0.15, -0.1) is 0 Å². The third-order valence-electron chi connectivity index (χ3n) is 14.1. The van der Waals surface area contributed by atoms with E-state index in [0.717, 1.165) is 85.2 Å². The summed E-state index contributed by atoms with van der Waals surface area (Å²) in [4.78, 5) is 40.8. The predicted octanol–water partition coefficient (Wildman–Crippen LogP) is 6.49. The number of nitrogens with zero attached hydrogens (tertiary/aromatic N) is 2. The number of hydrogen-bond acceptors (Lipinski definition) is 7. The molecule has 9 atom stereocenters. The van der Waals surface area contributed by atoms with Crippen LogP contribution in [0.15, 0.2) is 48.0 Å². The molecule has 1 unspecified atom stereocenters. The zero-order chi connectivity index (χ0) is 36.1. The molecule has 274 valence electrons. The fourth-order valence-corrected chi connectivity index (χ4v) is 12.1. The number of piperidine rings is 3. The summed E-state index contributed by atoms with van der Waals surface area (Å²) in [6, 6.07) is 13.2. The lowest BCUT2D eigenvalue weighted by atomic mass is 9.56. The minimum atomic E-state index is -0.725. The number of nitrogens with one attached hydrogen (secondary N) is 2. The number of methoxy groups -OCH3 is 3. The third-order valence-corrected chi connectivity index (χ3v) is 14.1. The lowest BCUT2D eigenvalue weighted by Gasteiger charge is -2.57. The Kier molecular flexibility index (Phi) is 8.12. The quantitative estimate of drug-likeness (QED) is 0.181. The molecular weight excluding hydrogens is 652 g/mol. The zero-order valence-corrected chi connectivity index (χ0v) is 31.4. The Morgan fingerprint density at radius 1 is 1.02 bits per heavy atom. The van der Waals surface area contributed by atoms with Crippen LogP contribution in [0.25, 0.3) is 21.8 Å². The second-order valence-electron chi connectivity index (χ2n) is 16.3. The largest absolute Gasteiger partial charge is 0.496 e. The number of aromatic nitrogens is 2. The maximum absolute atomic E-state index is 14.2. The molecule has 0 spiro atoms. The Bertz CT molecular complexity index is 2110. The normalized spacial score (nSPS) is 33.2. The van der Waals surface area contributed by atoms with Gasteiger partial charge < -0.3 is 24.2 Å². The number of ether oxygens (including phenoxy) is 3. The van der Waals surface area contributed by atoms with Gasteiger partial charge in [0.25, 0.3) is 0 Å². The van der Waals surface area contributed by atoms with Crippen molar-refractivity contribution in [2.24, 2.45) is 23.7 Å². The number of carbonyl (C=O) groups excluding carboxylic acids is 2. The summed E-state index contributed by atoms with van der Waals surface area (Å²) < 4.78 is 17.6. The minimum absolute atomic E-state index is 0.00122. The molecule has 2 aromatic carbocycles. The number of aromatic amines is 2. The molecule has 9 heteroatoms. The van der Waals surface area contributed by atoms with E-state index < -0.39 is 5.41 Å². The Labute approximate surface area is 306 Å². The number of rotatable bonds is 5. The molecule has 4 aromatic rings. The molecule has 6 bridgehead atoms. The molecule has 2 N–H and O–H groups in total. The number of likely N-dealkylation sites (N-methyl/N-ethyl adjacent to an activating group) is 1. The van der Waals surface area contributed by atoms with Crippen LogP contribution in [0.3, 0.4) is 0 Å². The van der Waals surface area contributed by atoms with Gasteiger partial charge in [0.2, 0.25) is 0 Å². The van der Waals surface area contributed by atoms with E-state index >= 15 is 0 Å². The average Bonchev–Trinajstić information content (AvgIpc) is 3.69. The summed E-state index contributed by atoms with van der Waals surface area (Å²) in [5.74, 6) is 1.11. The van der Waals surface area contributed by atoms with Gasteiger partial charge in [-0.1, -0.05) is 43.2 Å². The van der Waals surface area contributed by atoms with E-state index in [2.05, 4.69) is 83.1 Å². The van der Waals surface area contributed by atoms with Gasteiger partial charge in [-0.25, -0.2) is 0 Å². The van der Waals surface area contributed by atoms with E-state index in [1.807, 2.05) is 0 Å². The van der Waals surface area contributed by atoms with Crippen LogP contribution >= 0.6 is 0 Å². The molecule has 10 rings (SSSR count). The lowest BCUT2D eigenvalue weighted by Crippen LogP contribution is -2.67. The van der Waals surface area contributed by atoms with E-state index in [1.165, 1.54) is 41.3 Å². The summed E-state index contributed by atoms with van der Waals surface area (Å²) in [7, 11) is 6.99. The number of benzene rings is 2. The number of H-pyrrole nitrogens is 2.